The van der Waals surface area contributed by atoms with Crippen molar-refractivity contribution in [1.82, 2.24) is 19.3 Å². The lowest BCUT2D eigenvalue weighted by molar-refractivity contribution is 0.312. The highest BCUT2D eigenvalue weighted by Gasteiger charge is 2.31. The summed E-state index contributed by atoms with van der Waals surface area (Å²) in [6.07, 6.45) is 5.16. The molecule has 3 heterocycles. The van der Waals surface area contributed by atoms with Crippen LogP contribution in [0.3, 0.4) is 0 Å². The van der Waals surface area contributed by atoms with Crippen LogP contribution in [0.15, 0.2) is 53.7 Å². The van der Waals surface area contributed by atoms with Gasteiger partial charge in [-0.2, -0.15) is 4.31 Å². The number of aromatic nitrogens is 3. The minimum Gasteiger partial charge on any atom is -0.309 e. The Morgan fingerprint density at radius 2 is 1.87 bits per heavy atom. The topological polar surface area (TPSA) is 88.1 Å². The molecule has 0 spiro atoms. The lowest BCUT2D eigenvalue weighted by Crippen LogP contribution is -2.39. The van der Waals surface area contributed by atoms with Gasteiger partial charge in [0.2, 0.25) is 16.0 Å². The maximum Gasteiger partial charge on any atom is 0.243 e. The van der Waals surface area contributed by atoms with Crippen LogP contribution in [0.25, 0.3) is 0 Å². The first-order valence-electron chi connectivity index (χ1n) is 10.4. The van der Waals surface area contributed by atoms with Gasteiger partial charge in [-0.1, -0.05) is 12.1 Å². The Kier molecular flexibility index (Phi) is 6.02. The number of piperidine rings is 1. The number of hydrogen-bond acceptors (Lipinski definition) is 6. The van der Waals surface area contributed by atoms with E-state index in [-0.39, 0.29) is 5.92 Å². The number of aryl methyl sites for hydroxylation is 3. The Hall–Kier alpha value is -2.84. The summed E-state index contributed by atoms with van der Waals surface area (Å²) in [7, 11) is -3.54. The molecule has 1 saturated heterocycles. The van der Waals surface area contributed by atoms with E-state index in [4.69, 9.17) is 0 Å². The number of benzene rings is 1. The van der Waals surface area contributed by atoms with Crippen molar-refractivity contribution in [2.75, 3.05) is 18.4 Å². The van der Waals surface area contributed by atoms with E-state index in [0.29, 0.717) is 29.8 Å². The van der Waals surface area contributed by atoms with Crippen LogP contribution in [0.4, 0.5) is 11.8 Å². The molecule has 0 bridgehead atoms. The average molecular weight is 438 g/mol. The summed E-state index contributed by atoms with van der Waals surface area (Å²) in [5, 5.41) is 3.12. The van der Waals surface area contributed by atoms with Crippen molar-refractivity contribution in [1.29, 1.82) is 0 Å². The highest BCUT2D eigenvalue weighted by Crippen LogP contribution is 2.30. The smallest absolute Gasteiger partial charge is 0.243 e. The van der Waals surface area contributed by atoms with Crippen LogP contribution in [-0.2, 0) is 10.0 Å². The van der Waals surface area contributed by atoms with E-state index in [1.165, 1.54) is 0 Å². The van der Waals surface area contributed by atoms with Crippen molar-refractivity contribution in [2.24, 2.45) is 0 Å². The van der Waals surface area contributed by atoms with Crippen molar-refractivity contribution in [3.63, 3.8) is 0 Å². The molecular formula is C23H27N5O2S. The molecule has 0 saturated carbocycles. The molecule has 162 valence electrons. The summed E-state index contributed by atoms with van der Waals surface area (Å²) in [5.74, 6) is 1.15. The third-order valence-corrected chi connectivity index (χ3v) is 7.61. The number of hydrogen-bond donors (Lipinski definition) is 1. The molecule has 4 rings (SSSR count). The third kappa shape index (κ3) is 4.75. The van der Waals surface area contributed by atoms with Gasteiger partial charge in [-0.15, -0.1) is 0 Å². The zero-order valence-electron chi connectivity index (χ0n) is 18.0. The molecule has 0 aliphatic carbocycles. The van der Waals surface area contributed by atoms with E-state index >= 15 is 0 Å². The standard InChI is InChI=1S/C23H27N5O2S/c1-16-6-9-22(25-14-16)27-23-24-11-10-21(26-23)19-5-4-12-28(15-19)31(29,30)20-8-7-17(2)18(3)13-20/h6-11,13-14,19H,4-5,12,15H2,1-3H3,(H,24,25,26,27). The number of nitrogens with one attached hydrogen (secondary N) is 1. The van der Waals surface area contributed by atoms with Crippen molar-refractivity contribution >= 4 is 21.8 Å². The Morgan fingerprint density at radius 1 is 1.03 bits per heavy atom. The zero-order valence-corrected chi connectivity index (χ0v) is 18.9. The van der Waals surface area contributed by atoms with Gasteiger partial charge in [0.05, 0.1) is 10.6 Å². The minimum absolute atomic E-state index is 0.0181. The highest BCUT2D eigenvalue weighted by atomic mass is 32.2. The molecule has 1 atom stereocenters. The normalized spacial score (nSPS) is 17.5. The van der Waals surface area contributed by atoms with Crippen molar-refractivity contribution < 1.29 is 8.42 Å². The number of anilines is 2. The van der Waals surface area contributed by atoms with Gasteiger partial charge in [0, 0.05) is 31.4 Å². The summed E-state index contributed by atoms with van der Waals surface area (Å²) < 4.78 is 28.1. The second-order valence-electron chi connectivity index (χ2n) is 8.10. The number of pyridine rings is 1. The molecule has 2 aromatic heterocycles. The van der Waals surface area contributed by atoms with E-state index < -0.39 is 10.0 Å². The van der Waals surface area contributed by atoms with Crippen LogP contribution >= 0.6 is 0 Å². The first kappa shape index (κ1) is 21.4. The summed E-state index contributed by atoms with van der Waals surface area (Å²) in [6, 6.07) is 11.0. The minimum atomic E-state index is -3.54. The predicted octanol–water partition coefficient (Wildman–Crippen LogP) is 4.11. The second kappa shape index (κ2) is 8.72. The van der Waals surface area contributed by atoms with Gasteiger partial charge in [0.1, 0.15) is 5.82 Å². The van der Waals surface area contributed by atoms with Crippen LogP contribution in [0.1, 0.15) is 41.1 Å². The fourth-order valence-corrected chi connectivity index (χ4v) is 5.35. The van der Waals surface area contributed by atoms with E-state index in [1.807, 2.05) is 45.0 Å². The van der Waals surface area contributed by atoms with E-state index in [2.05, 4.69) is 20.3 Å². The van der Waals surface area contributed by atoms with E-state index in [0.717, 1.165) is 35.2 Å². The molecule has 7 nitrogen and oxygen atoms in total. The Morgan fingerprint density at radius 3 is 2.61 bits per heavy atom. The monoisotopic (exact) mass is 437 g/mol. The molecule has 1 fully saturated rings. The maximum atomic E-state index is 13.2. The van der Waals surface area contributed by atoms with E-state index in [9.17, 15) is 8.42 Å². The van der Waals surface area contributed by atoms with Crippen LogP contribution in [0.2, 0.25) is 0 Å². The Bertz CT molecular complexity index is 1180. The van der Waals surface area contributed by atoms with Crippen LogP contribution < -0.4 is 5.32 Å². The Labute approximate surface area is 183 Å². The third-order valence-electron chi connectivity index (χ3n) is 5.75. The van der Waals surface area contributed by atoms with Crippen molar-refractivity contribution in [3.8, 4) is 0 Å². The van der Waals surface area contributed by atoms with Gasteiger partial charge >= 0.3 is 0 Å². The molecule has 1 N–H and O–H groups in total. The number of nitrogens with zero attached hydrogens (tertiary/aromatic N) is 4. The molecule has 1 aliphatic rings. The van der Waals surface area contributed by atoms with Crippen molar-refractivity contribution in [3.05, 3.63) is 71.2 Å². The molecular weight excluding hydrogens is 410 g/mol. The number of sulfonamides is 1. The van der Waals surface area contributed by atoms with Gasteiger partial charge in [-0.3, -0.25) is 0 Å². The van der Waals surface area contributed by atoms with Gasteiger partial charge < -0.3 is 5.32 Å². The zero-order chi connectivity index (χ0) is 22.0. The average Bonchev–Trinajstić information content (AvgIpc) is 2.77. The number of rotatable bonds is 5. The molecule has 1 aromatic carbocycles. The maximum absolute atomic E-state index is 13.2. The molecule has 8 heteroatoms. The molecule has 1 unspecified atom stereocenters. The summed E-state index contributed by atoms with van der Waals surface area (Å²) in [5.41, 5.74) is 3.97. The Balaban J connectivity index is 1.53. The first-order chi connectivity index (χ1) is 14.8. The summed E-state index contributed by atoms with van der Waals surface area (Å²) >= 11 is 0. The molecule has 31 heavy (non-hydrogen) atoms. The fraction of sp³-hybridized carbons (Fsp3) is 0.348. The van der Waals surface area contributed by atoms with E-state index in [1.54, 1.807) is 28.8 Å². The van der Waals surface area contributed by atoms with Gasteiger partial charge in [-0.05, 0) is 74.6 Å². The van der Waals surface area contributed by atoms with Gasteiger partial charge in [0.25, 0.3) is 0 Å². The largest absolute Gasteiger partial charge is 0.309 e. The predicted molar refractivity (Wildman–Crippen MR) is 121 cm³/mol. The summed E-state index contributed by atoms with van der Waals surface area (Å²) in [6.45, 7) is 6.83. The molecule has 0 radical (unpaired) electrons. The highest BCUT2D eigenvalue weighted by molar-refractivity contribution is 7.89. The second-order valence-corrected chi connectivity index (χ2v) is 10.0. The van der Waals surface area contributed by atoms with Gasteiger partial charge in [-0.25, -0.2) is 23.4 Å². The first-order valence-corrected chi connectivity index (χ1v) is 11.9. The SMILES string of the molecule is Cc1ccc(Nc2nccc(C3CCCN(S(=O)(=O)c4ccc(C)c(C)c4)C3)n2)nc1. The van der Waals surface area contributed by atoms with Crippen LogP contribution in [0.5, 0.6) is 0 Å². The quantitative estimate of drug-likeness (QED) is 0.646. The van der Waals surface area contributed by atoms with Crippen LogP contribution in [-0.4, -0.2) is 40.8 Å². The molecule has 1 aliphatic heterocycles. The van der Waals surface area contributed by atoms with Crippen LogP contribution in [0, 0.1) is 20.8 Å². The fourth-order valence-electron chi connectivity index (χ4n) is 3.74. The lowest BCUT2D eigenvalue weighted by Gasteiger charge is -2.31. The lowest BCUT2D eigenvalue weighted by atomic mass is 9.96. The molecule has 0 amide bonds. The summed E-state index contributed by atoms with van der Waals surface area (Å²) in [4.78, 5) is 13.6. The van der Waals surface area contributed by atoms with Gasteiger partial charge in [0.15, 0.2) is 0 Å². The molecule has 3 aromatic rings. The van der Waals surface area contributed by atoms with Crippen molar-refractivity contribution in [2.45, 2.75) is 44.4 Å².